The average Bonchev–Trinajstić information content (AvgIpc) is 2.34. The van der Waals surface area contributed by atoms with E-state index >= 15 is 0 Å². The van der Waals surface area contributed by atoms with E-state index in [4.69, 9.17) is 9.29 Å². The fourth-order valence-corrected chi connectivity index (χ4v) is 1.30. The number of hydrogen-bond acceptors (Lipinski definition) is 2. The zero-order chi connectivity index (χ0) is 7.40. The van der Waals surface area contributed by atoms with Crippen molar-refractivity contribution in [2.75, 3.05) is 13.2 Å². The van der Waals surface area contributed by atoms with Crippen LogP contribution in [0.5, 0.6) is 0 Å². The molecule has 0 amide bonds. The molecule has 1 rings (SSSR count). The van der Waals surface area contributed by atoms with E-state index in [-0.39, 0.29) is 6.10 Å². The van der Waals surface area contributed by atoms with E-state index in [0.717, 1.165) is 19.4 Å². The average molecular weight is 165 g/mol. The molecule has 4 nitrogen and oxygen atoms in total. The molecule has 1 saturated heterocycles. The van der Waals surface area contributed by atoms with Gasteiger partial charge in [0, 0.05) is 13.2 Å². The van der Waals surface area contributed by atoms with Gasteiger partial charge in [-0.2, -0.15) is 0 Å². The molecule has 1 heterocycles. The van der Waals surface area contributed by atoms with Crippen LogP contribution < -0.4 is 4.72 Å². The van der Waals surface area contributed by atoms with Crippen molar-refractivity contribution in [1.82, 2.24) is 4.72 Å². The van der Waals surface area contributed by atoms with Crippen molar-refractivity contribution in [3.05, 3.63) is 0 Å². The van der Waals surface area contributed by atoms with E-state index < -0.39 is 11.3 Å². The molecule has 2 atom stereocenters. The predicted molar refractivity (Wildman–Crippen MR) is 37.7 cm³/mol. The fourth-order valence-electron chi connectivity index (χ4n) is 0.970. The van der Waals surface area contributed by atoms with E-state index in [0.29, 0.717) is 6.54 Å². The lowest BCUT2D eigenvalue weighted by Crippen LogP contribution is -2.27. The van der Waals surface area contributed by atoms with Gasteiger partial charge in [-0.05, 0) is 12.8 Å². The molecule has 0 saturated carbocycles. The lowest BCUT2D eigenvalue weighted by atomic mass is 10.2. The highest BCUT2D eigenvalue weighted by Gasteiger charge is 2.14. The molecule has 0 aliphatic carbocycles. The van der Waals surface area contributed by atoms with Crippen molar-refractivity contribution < 1.29 is 13.5 Å². The van der Waals surface area contributed by atoms with Gasteiger partial charge in [0.1, 0.15) is 0 Å². The summed E-state index contributed by atoms with van der Waals surface area (Å²) in [6.45, 7) is 1.26. The van der Waals surface area contributed by atoms with Crippen molar-refractivity contribution >= 4 is 11.3 Å². The maximum Gasteiger partial charge on any atom is 0.231 e. The minimum absolute atomic E-state index is 0.135. The summed E-state index contributed by atoms with van der Waals surface area (Å²) in [6.07, 6.45) is 2.19. The molecule has 60 valence electrons. The standard InChI is InChI=1S/C5H11NO3S/c7-10(8)6-4-5-2-1-3-9-5/h5-6H,1-4H2,(H,7,8). The molecule has 10 heavy (non-hydrogen) atoms. The van der Waals surface area contributed by atoms with Gasteiger partial charge in [0.05, 0.1) is 6.10 Å². The maximum absolute atomic E-state index is 10.1. The summed E-state index contributed by atoms with van der Waals surface area (Å²) in [7, 11) is 0. The van der Waals surface area contributed by atoms with E-state index in [2.05, 4.69) is 4.72 Å². The van der Waals surface area contributed by atoms with Crippen LogP contribution in [0.1, 0.15) is 12.8 Å². The van der Waals surface area contributed by atoms with Crippen molar-refractivity contribution in [3.8, 4) is 0 Å². The van der Waals surface area contributed by atoms with Gasteiger partial charge in [0.2, 0.25) is 11.3 Å². The van der Waals surface area contributed by atoms with Gasteiger partial charge in [0.15, 0.2) is 0 Å². The molecule has 0 bridgehead atoms. The van der Waals surface area contributed by atoms with Gasteiger partial charge in [-0.1, -0.05) is 0 Å². The van der Waals surface area contributed by atoms with Crippen LogP contribution in [0, 0.1) is 0 Å². The summed E-state index contributed by atoms with van der Waals surface area (Å²) in [5.41, 5.74) is 0. The second-order valence-electron chi connectivity index (χ2n) is 2.23. The van der Waals surface area contributed by atoms with Gasteiger partial charge in [-0.3, -0.25) is 4.55 Å². The smallest absolute Gasteiger partial charge is 0.231 e. The summed E-state index contributed by atoms with van der Waals surface area (Å²) in [6, 6.07) is 0. The predicted octanol–water partition coefficient (Wildman–Crippen LogP) is -0.108. The first kappa shape index (κ1) is 8.13. The number of rotatable bonds is 3. The normalized spacial score (nSPS) is 28.7. The van der Waals surface area contributed by atoms with Gasteiger partial charge in [-0.15, -0.1) is 0 Å². The molecule has 2 N–H and O–H groups in total. The third kappa shape index (κ3) is 2.74. The summed E-state index contributed by atoms with van der Waals surface area (Å²) in [5, 5.41) is 0. The third-order valence-electron chi connectivity index (χ3n) is 1.46. The Bertz CT molecular complexity index is 124. The van der Waals surface area contributed by atoms with Gasteiger partial charge in [0.25, 0.3) is 0 Å². The highest BCUT2D eigenvalue weighted by atomic mass is 32.2. The van der Waals surface area contributed by atoms with Gasteiger partial charge >= 0.3 is 0 Å². The van der Waals surface area contributed by atoms with Crippen LogP contribution in [0.15, 0.2) is 0 Å². The van der Waals surface area contributed by atoms with Crippen LogP contribution in [0.4, 0.5) is 0 Å². The molecule has 0 aromatic carbocycles. The first-order valence-corrected chi connectivity index (χ1v) is 4.35. The molecule has 1 fully saturated rings. The zero-order valence-electron chi connectivity index (χ0n) is 5.58. The van der Waals surface area contributed by atoms with Crippen LogP contribution in [0.3, 0.4) is 0 Å². The Morgan fingerprint density at radius 3 is 3.10 bits per heavy atom. The second kappa shape index (κ2) is 4.02. The van der Waals surface area contributed by atoms with E-state index in [1.165, 1.54) is 0 Å². The van der Waals surface area contributed by atoms with Crippen LogP contribution in [-0.4, -0.2) is 28.0 Å². The minimum atomic E-state index is -1.89. The number of hydrogen-bond donors (Lipinski definition) is 2. The highest BCUT2D eigenvalue weighted by Crippen LogP contribution is 2.10. The molecule has 0 spiro atoms. The third-order valence-corrected chi connectivity index (χ3v) is 1.87. The maximum atomic E-state index is 10.1. The monoisotopic (exact) mass is 165 g/mol. The van der Waals surface area contributed by atoms with E-state index in [9.17, 15) is 4.21 Å². The number of ether oxygens (including phenoxy) is 1. The summed E-state index contributed by atoms with van der Waals surface area (Å²) in [5.74, 6) is 0. The first-order valence-electron chi connectivity index (χ1n) is 3.25. The Morgan fingerprint density at radius 2 is 2.60 bits per heavy atom. The molecule has 0 aromatic rings. The quantitative estimate of drug-likeness (QED) is 0.574. The van der Waals surface area contributed by atoms with Crippen LogP contribution in [-0.2, 0) is 16.0 Å². The van der Waals surface area contributed by atoms with E-state index in [1.54, 1.807) is 0 Å². The van der Waals surface area contributed by atoms with E-state index in [1.807, 2.05) is 0 Å². The number of nitrogens with one attached hydrogen (secondary N) is 1. The van der Waals surface area contributed by atoms with Gasteiger partial charge < -0.3 is 4.74 Å². The molecule has 0 aromatic heterocycles. The van der Waals surface area contributed by atoms with Crippen molar-refractivity contribution in [2.45, 2.75) is 18.9 Å². The molecular weight excluding hydrogens is 154 g/mol. The fraction of sp³-hybridized carbons (Fsp3) is 1.00. The van der Waals surface area contributed by atoms with Crippen LogP contribution >= 0.6 is 0 Å². The lowest BCUT2D eigenvalue weighted by molar-refractivity contribution is 0.114. The van der Waals surface area contributed by atoms with Crippen molar-refractivity contribution in [3.63, 3.8) is 0 Å². The van der Waals surface area contributed by atoms with Crippen molar-refractivity contribution in [2.24, 2.45) is 0 Å². The Labute approximate surface area is 62.4 Å². The van der Waals surface area contributed by atoms with Crippen LogP contribution in [0.25, 0.3) is 0 Å². The molecule has 2 unspecified atom stereocenters. The Morgan fingerprint density at radius 1 is 1.80 bits per heavy atom. The molecular formula is C5H11NO3S. The Kier molecular flexibility index (Phi) is 3.27. The molecule has 1 aliphatic rings. The Hall–Kier alpha value is 0.0300. The van der Waals surface area contributed by atoms with Crippen LogP contribution in [0.2, 0.25) is 0 Å². The summed E-state index contributed by atoms with van der Waals surface area (Å²) in [4.78, 5) is 0. The summed E-state index contributed by atoms with van der Waals surface area (Å²) >= 11 is -1.89. The summed E-state index contributed by atoms with van der Waals surface area (Å²) < 4.78 is 26.0. The second-order valence-corrected chi connectivity index (χ2v) is 3.02. The molecule has 5 heteroatoms. The van der Waals surface area contributed by atoms with Crippen molar-refractivity contribution in [1.29, 1.82) is 0 Å². The Balaban J connectivity index is 2.07. The molecule has 1 aliphatic heterocycles. The largest absolute Gasteiger partial charge is 0.377 e. The SMILES string of the molecule is O=S(O)NCC1CCCO1. The van der Waals surface area contributed by atoms with Gasteiger partial charge in [-0.25, -0.2) is 8.93 Å². The topological polar surface area (TPSA) is 58.6 Å². The minimum Gasteiger partial charge on any atom is -0.377 e. The highest BCUT2D eigenvalue weighted by molar-refractivity contribution is 7.77. The lowest BCUT2D eigenvalue weighted by Gasteiger charge is -2.06. The zero-order valence-corrected chi connectivity index (χ0v) is 6.39. The first-order chi connectivity index (χ1) is 4.79. The molecule has 0 radical (unpaired) electrons.